The van der Waals surface area contributed by atoms with Gasteiger partial charge in [-0.15, -0.1) is 0 Å². The van der Waals surface area contributed by atoms with Crippen LogP contribution < -0.4 is 4.74 Å². The number of pyridine rings is 1. The van der Waals surface area contributed by atoms with Crippen molar-refractivity contribution in [3.8, 4) is 11.8 Å². The summed E-state index contributed by atoms with van der Waals surface area (Å²) >= 11 is 0. The highest BCUT2D eigenvalue weighted by Crippen LogP contribution is 2.19. The molecule has 0 amide bonds. The molecule has 0 saturated heterocycles. The molecule has 1 heterocycles. The predicted octanol–water partition coefficient (Wildman–Crippen LogP) is 0.889. The molecule has 1 aromatic rings. The minimum atomic E-state index is -3.94. The molecular weight excluding hydrogens is 228 g/mol. The Balaban J connectivity index is 3.41. The molecule has 7 heteroatoms. The van der Waals surface area contributed by atoms with E-state index in [1.807, 2.05) is 0 Å². The van der Waals surface area contributed by atoms with Crippen molar-refractivity contribution in [2.75, 3.05) is 7.11 Å². The number of methoxy groups -OCH3 is 1. The third-order valence-electron chi connectivity index (χ3n) is 1.38. The summed E-state index contributed by atoms with van der Waals surface area (Å²) in [6, 6.07) is 4.15. The van der Waals surface area contributed by atoms with E-state index in [4.69, 9.17) is 20.7 Å². The lowest BCUT2D eigenvalue weighted by Crippen LogP contribution is -1.98. The van der Waals surface area contributed by atoms with Crippen LogP contribution in [0.2, 0.25) is 0 Å². The molecule has 5 nitrogen and oxygen atoms in total. The lowest BCUT2D eigenvalue weighted by molar-refractivity contribution is 0.412. The van der Waals surface area contributed by atoms with Gasteiger partial charge in [0, 0.05) is 22.8 Å². The van der Waals surface area contributed by atoms with E-state index >= 15 is 0 Å². The van der Waals surface area contributed by atoms with Crippen LogP contribution in [0.15, 0.2) is 17.2 Å². The highest BCUT2D eigenvalue weighted by atomic mass is 35.7. The Morgan fingerprint density at radius 2 is 2.21 bits per heavy atom. The number of hydrogen-bond acceptors (Lipinski definition) is 5. The summed E-state index contributed by atoms with van der Waals surface area (Å²) in [6.07, 6.45) is 0. The predicted molar refractivity (Wildman–Crippen MR) is 48.5 cm³/mol. The lowest BCUT2D eigenvalue weighted by atomic mass is 10.3. The van der Waals surface area contributed by atoms with Crippen molar-refractivity contribution in [3.63, 3.8) is 0 Å². The van der Waals surface area contributed by atoms with E-state index in [9.17, 15) is 8.42 Å². The van der Waals surface area contributed by atoms with Crippen molar-refractivity contribution in [2.24, 2.45) is 0 Å². The molecule has 0 bridgehead atoms. The van der Waals surface area contributed by atoms with Crippen molar-refractivity contribution in [2.45, 2.75) is 5.03 Å². The number of halogens is 1. The molecule has 14 heavy (non-hydrogen) atoms. The van der Waals surface area contributed by atoms with E-state index < -0.39 is 14.1 Å². The molecule has 1 aromatic heterocycles. The highest BCUT2D eigenvalue weighted by molar-refractivity contribution is 8.13. The normalized spacial score (nSPS) is 10.6. The van der Waals surface area contributed by atoms with Crippen LogP contribution in [-0.4, -0.2) is 20.5 Å². The fourth-order valence-corrected chi connectivity index (χ4v) is 1.48. The molecule has 0 atom stereocenters. The largest absolute Gasteiger partial charge is 0.497 e. The zero-order chi connectivity index (χ0) is 10.8. The summed E-state index contributed by atoms with van der Waals surface area (Å²) in [5, 5.41) is 8.15. The molecule has 0 unspecified atom stereocenters. The van der Waals surface area contributed by atoms with Crippen LogP contribution in [0.1, 0.15) is 5.69 Å². The van der Waals surface area contributed by atoms with E-state index in [1.54, 1.807) is 6.07 Å². The Labute approximate surface area is 85.3 Å². The number of nitriles is 1. The number of hydrogen-bond donors (Lipinski definition) is 0. The second-order valence-corrected chi connectivity index (χ2v) is 4.79. The van der Waals surface area contributed by atoms with Crippen LogP contribution in [0.4, 0.5) is 0 Å². The maximum absolute atomic E-state index is 10.9. The van der Waals surface area contributed by atoms with Crippen LogP contribution >= 0.6 is 10.7 Å². The first-order chi connectivity index (χ1) is 6.47. The van der Waals surface area contributed by atoms with Crippen LogP contribution in [0.3, 0.4) is 0 Å². The Morgan fingerprint density at radius 3 is 2.64 bits per heavy atom. The number of aromatic nitrogens is 1. The molecule has 0 aliphatic carbocycles. The van der Waals surface area contributed by atoms with Crippen LogP contribution in [0.5, 0.6) is 5.75 Å². The fraction of sp³-hybridized carbons (Fsp3) is 0.143. The van der Waals surface area contributed by atoms with E-state index in [-0.39, 0.29) is 11.4 Å². The summed E-state index contributed by atoms with van der Waals surface area (Å²) in [7, 11) is 2.47. The van der Waals surface area contributed by atoms with Gasteiger partial charge in [0.05, 0.1) is 7.11 Å². The van der Waals surface area contributed by atoms with Gasteiger partial charge in [0.25, 0.3) is 9.05 Å². The van der Waals surface area contributed by atoms with E-state index in [0.29, 0.717) is 0 Å². The number of ether oxygens (including phenoxy) is 1. The standard InChI is InChI=1S/C7H5ClN2O3S/c1-13-6-2-5(4-9)10-7(3-6)14(8,11)12/h2-3H,1H3. The molecule has 74 valence electrons. The minimum absolute atomic E-state index is 0.0661. The van der Waals surface area contributed by atoms with Gasteiger partial charge in [-0.25, -0.2) is 13.4 Å². The van der Waals surface area contributed by atoms with Crippen molar-refractivity contribution >= 4 is 19.7 Å². The van der Waals surface area contributed by atoms with Gasteiger partial charge < -0.3 is 4.74 Å². The van der Waals surface area contributed by atoms with E-state index in [2.05, 4.69) is 4.98 Å². The Bertz CT molecular complexity index is 492. The molecule has 0 aromatic carbocycles. The van der Waals surface area contributed by atoms with Gasteiger partial charge in [0.1, 0.15) is 17.5 Å². The SMILES string of the molecule is COc1cc(C#N)nc(S(=O)(=O)Cl)c1. The topological polar surface area (TPSA) is 80.0 Å². The summed E-state index contributed by atoms with van der Waals surface area (Å²) < 4.78 is 26.6. The maximum atomic E-state index is 10.9. The average Bonchev–Trinajstić information content (AvgIpc) is 2.15. The number of rotatable bonds is 2. The molecule has 0 aliphatic rings. The van der Waals surface area contributed by atoms with Crippen molar-refractivity contribution in [1.29, 1.82) is 5.26 Å². The van der Waals surface area contributed by atoms with Crippen molar-refractivity contribution < 1.29 is 13.2 Å². The quantitative estimate of drug-likeness (QED) is 0.708. The monoisotopic (exact) mass is 232 g/mol. The minimum Gasteiger partial charge on any atom is -0.497 e. The third kappa shape index (κ3) is 2.34. The summed E-state index contributed by atoms with van der Waals surface area (Å²) in [6.45, 7) is 0. The Morgan fingerprint density at radius 1 is 1.57 bits per heavy atom. The van der Waals surface area contributed by atoms with Crippen molar-refractivity contribution in [1.82, 2.24) is 4.98 Å². The smallest absolute Gasteiger partial charge is 0.278 e. The molecule has 0 spiro atoms. The van der Waals surface area contributed by atoms with Gasteiger partial charge in [-0.3, -0.25) is 0 Å². The van der Waals surface area contributed by atoms with Crippen molar-refractivity contribution in [3.05, 3.63) is 17.8 Å². The maximum Gasteiger partial charge on any atom is 0.278 e. The molecular formula is C7H5ClN2O3S. The van der Waals surface area contributed by atoms with Gasteiger partial charge in [-0.05, 0) is 0 Å². The average molecular weight is 233 g/mol. The van der Waals surface area contributed by atoms with Gasteiger partial charge in [0.15, 0.2) is 5.03 Å². The first kappa shape index (κ1) is 10.8. The zero-order valence-corrected chi connectivity index (χ0v) is 8.63. The van der Waals surface area contributed by atoms with E-state index in [0.717, 1.165) is 6.07 Å². The van der Waals surface area contributed by atoms with E-state index in [1.165, 1.54) is 13.2 Å². The third-order valence-corrected chi connectivity index (χ3v) is 2.56. The van der Waals surface area contributed by atoms with Gasteiger partial charge in [-0.2, -0.15) is 5.26 Å². The Hall–Kier alpha value is -1.32. The second-order valence-electron chi connectivity index (χ2n) is 2.28. The summed E-state index contributed by atoms with van der Waals surface area (Å²) in [5.74, 6) is 0.218. The summed E-state index contributed by atoms with van der Waals surface area (Å²) in [4.78, 5) is 3.51. The molecule has 0 N–H and O–H groups in total. The fourth-order valence-electron chi connectivity index (χ4n) is 0.781. The van der Waals surface area contributed by atoms with Gasteiger partial charge >= 0.3 is 0 Å². The molecule has 1 rings (SSSR count). The Kier molecular flexibility index (Phi) is 2.93. The number of nitrogens with zero attached hydrogens (tertiary/aromatic N) is 2. The molecule has 0 aliphatic heterocycles. The highest BCUT2D eigenvalue weighted by Gasteiger charge is 2.14. The van der Waals surface area contributed by atoms with Gasteiger partial charge in [0.2, 0.25) is 0 Å². The van der Waals surface area contributed by atoms with Crippen LogP contribution in [0, 0.1) is 11.3 Å². The molecule has 0 radical (unpaired) electrons. The van der Waals surface area contributed by atoms with Crippen LogP contribution in [-0.2, 0) is 9.05 Å². The molecule has 0 fully saturated rings. The van der Waals surface area contributed by atoms with Crippen LogP contribution in [0.25, 0.3) is 0 Å². The van der Waals surface area contributed by atoms with Gasteiger partial charge in [-0.1, -0.05) is 0 Å². The lowest BCUT2D eigenvalue weighted by Gasteiger charge is -2.01. The second kappa shape index (κ2) is 3.82. The first-order valence-corrected chi connectivity index (χ1v) is 5.69. The summed E-state index contributed by atoms with van der Waals surface area (Å²) in [5.41, 5.74) is -0.0661. The zero-order valence-electron chi connectivity index (χ0n) is 7.06. The molecule has 0 saturated carbocycles. The first-order valence-electron chi connectivity index (χ1n) is 3.38.